The average molecular weight is 232 g/mol. The van der Waals surface area contributed by atoms with Gasteiger partial charge in [0, 0.05) is 18.0 Å². The summed E-state index contributed by atoms with van der Waals surface area (Å²) in [7, 11) is 0. The summed E-state index contributed by atoms with van der Waals surface area (Å²) >= 11 is 0. The van der Waals surface area contributed by atoms with Gasteiger partial charge in [0.1, 0.15) is 11.4 Å². The van der Waals surface area contributed by atoms with Crippen LogP contribution in [0, 0.1) is 13.8 Å². The number of hydrogen-bond donors (Lipinski definition) is 2. The van der Waals surface area contributed by atoms with Crippen molar-refractivity contribution in [2.24, 2.45) is 5.73 Å². The number of anilines is 1. The molecule has 0 bridgehead atoms. The standard InChI is InChI=1S/C10H12N6O/c1-5-3-8(14-6(2)13-5)16-4-7(10(12)17)9(11)15-16/h3-4H,1-2H3,(H2,11,15)(H2,12,17). The second-order valence-electron chi connectivity index (χ2n) is 3.65. The molecule has 0 unspecified atom stereocenters. The van der Waals surface area contributed by atoms with Crippen molar-refractivity contribution in [1.29, 1.82) is 0 Å². The van der Waals surface area contributed by atoms with Gasteiger partial charge in [0.15, 0.2) is 11.6 Å². The average Bonchev–Trinajstić information content (AvgIpc) is 2.59. The van der Waals surface area contributed by atoms with Gasteiger partial charge in [0.05, 0.1) is 0 Å². The minimum atomic E-state index is -0.615. The molecule has 0 aromatic carbocycles. The Kier molecular flexibility index (Phi) is 2.51. The highest BCUT2D eigenvalue weighted by Crippen LogP contribution is 2.12. The topological polar surface area (TPSA) is 113 Å². The number of rotatable bonds is 2. The third-order valence-corrected chi connectivity index (χ3v) is 2.20. The van der Waals surface area contributed by atoms with E-state index in [1.54, 1.807) is 13.0 Å². The van der Waals surface area contributed by atoms with Crippen molar-refractivity contribution < 1.29 is 4.79 Å². The summed E-state index contributed by atoms with van der Waals surface area (Å²) in [5.74, 6) is 0.645. The normalized spacial score (nSPS) is 10.5. The Bertz CT molecular complexity index is 568. The summed E-state index contributed by atoms with van der Waals surface area (Å²) in [5, 5.41) is 3.99. The Morgan fingerprint density at radius 2 is 2.06 bits per heavy atom. The first-order valence-electron chi connectivity index (χ1n) is 4.95. The van der Waals surface area contributed by atoms with Gasteiger partial charge in [-0.3, -0.25) is 4.79 Å². The maximum atomic E-state index is 11.1. The minimum absolute atomic E-state index is 0.0893. The monoisotopic (exact) mass is 232 g/mol. The van der Waals surface area contributed by atoms with E-state index in [0.29, 0.717) is 11.6 Å². The van der Waals surface area contributed by atoms with Crippen LogP contribution in [0.25, 0.3) is 5.82 Å². The van der Waals surface area contributed by atoms with Crippen molar-refractivity contribution in [2.45, 2.75) is 13.8 Å². The summed E-state index contributed by atoms with van der Waals surface area (Å²) in [6.07, 6.45) is 1.46. The zero-order chi connectivity index (χ0) is 12.6. The predicted molar refractivity (Wildman–Crippen MR) is 61.6 cm³/mol. The van der Waals surface area contributed by atoms with E-state index in [1.807, 2.05) is 6.92 Å². The van der Waals surface area contributed by atoms with E-state index in [2.05, 4.69) is 15.1 Å². The predicted octanol–water partition coefficient (Wildman–Crippen LogP) is -0.0398. The fraction of sp³-hybridized carbons (Fsp3) is 0.200. The fourth-order valence-electron chi connectivity index (χ4n) is 1.51. The number of aryl methyl sites for hydroxylation is 2. The molecule has 0 aliphatic carbocycles. The van der Waals surface area contributed by atoms with E-state index in [-0.39, 0.29) is 11.4 Å². The van der Waals surface area contributed by atoms with Gasteiger partial charge in [0.2, 0.25) is 0 Å². The molecular weight excluding hydrogens is 220 g/mol. The number of nitrogen functional groups attached to an aromatic ring is 1. The number of amides is 1. The van der Waals surface area contributed by atoms with Crippen LogP contribution in [0.5, 0.6) is 0 Å². The van der Waals surface area contributed by atoms with Gasteiger partial charge >= 0.3 is 0 Å². The van der Waals surface area contributed by atoms with Crippen LogP contribution in [-0.2, 0) is 0 Å². The van der Waals surface area contributed by atoms with Crippen LogP contribution in [0.3, 0.4) is 0 Å². The van der Waals surface area contributed by atoms with Crippen LogP contribution in [-0.4, -0.2) is 25.7 Å². The highest BCUT2D eigenvalue weighted by Gasteiger charge is 2.12. The van der Waals surface area contributed by atoms with Crippen molar-refractivity contribution in [3.05, 3.63) is 29.3 Å². The number of nitrogens with two attached hydrogens (primary N) is 2. The molecule has 2 heterocycles. The third-order valence-electron chi connectivity index (χ3n) is 2.20. The molecule has 2 aromatic rings. The lowest BCUT2D eigenvalue weighted by atomic mass is 10.3. The minimum Gasteiger partial charge on any atom is -0.382 e. The molecule has 0 fully saturated rings. The molecule has 0 saturated heterocycles. The Balaban J connectivity index is 2.53. The molecule has 4 N–H and O–H groups in total. The summed E-state index contributed by atoms with van der Waals surface area (Å²) in [6, 6.07) is 1.74. The maximum Gasteiger partial charge on any atom is 0.254 e. The van der Waals surface area contributed by atoms with Gasteiger partial charge in [-0.2, -0.15) is 0 Å². The smallest absolute Gasteiger partial charge is 0.254 e. The van der Waals surface area contributed by atoms with Crippen LogP contribution in [0.2, 0.25) is 0 Å². The SMILES string of the molecule is Cc1cc(-n2cc(C(N)=O)c(N)n2)nc(C)n1. The molecule has 0 aliphatic heterocycles. The van der Waals surface area contributed by atoms with Crippen LogP contribution in [0.15, 0.2) is 12.3 Å². The number of carbonyl (C=O) groups excluding carboxylic acids is 1. The Morgan fingerprint density at radius 3 is 2.59 bits per heavy atom. The second-order valence-corrected chi connectivity index (χ2v) is 3.65. The van der Waals surface area contributed by atoms with Crippen LogP contribution >= 0.6 is 0 Å². The first kappa shape index (κ1) is 11.1. The summed E-state index contributed by atoms with van der Waals surface area (Å²) in [5.41, 5.74) is 11.7. The molecule has 0 saturated carbocycles. The molecule has 88 valence electrons. The number of hydrogen-bond acceptors (Lipinski definition) is 5. The fourth-order valence-corrected chi connectivity index (χ4v) is 1.51. The van der Waals surface area contributed by atoms with Crippen molar-refractivity contribution in [3.8, 4) is 5.82 Å². The Morgan fingerprint density at radius 1 is 1.35 bits per heavy atom. The first-order valence-corrected chi connectivity index (χ1v) is 4.95. The lowest BCUT2D eigenvalue weighted by Gasteiger charge is -2.02. The van der Waals surface area contributed by atoms with Gasteiger partial charge in [0.25, 0.3) is 5.91 Å². The Labute approximate surface area is 97.5 Å². The van der Waals surface area contributed by atoms with E-state index in [4.69, 9.17) is 11.5 Å². The zero-order valence-corrected chi connectivity index (χ0v) is 9.51. The number of aromatic nitrogens is 4. The molecule has 0 aliphatic rings. The van der Waals surface area contributed by atoms with Gasteiger partial charge in [-0.15, -0.1) is 5.10 Å². The quantitative estimate of drug-likeness (QED) is 0.754. The second kappa shape index (κ2) is 3.85. The zero-order valence-electron chi connectivity index (χ0n) is 9.51. The molecule has 1 amide bonds. The van der Waals surface area contributed by atoms with Gasteiger partial charge in [-0.25, -0.2) is 14.6 Å². The molecule has 0 atom stereocenters. The lowest BCUT2D eigenvalue weighted by molar-refractivity contribution is 0.100. The van der Waals surface area contributed by atoms with Crippen molar-refractivity contribution in [2.75, 3.05) is 5.73 Å². The molecule has 0 spiro atoms. The lowest BCUT2D eigenvalue weighted by Crippen LogP contribution is -2.11. The van der Waals surface area contributed by atoms with Crippen LogP contribution < -0.4 is 11.5 Å². The Hall–Kier alpha value is -2.44. The molecule has 7 nitrogen and oxygen atoms in total. The molecule has 2 rings (SSSR count). The van der Waals surface area contributed by atoms with Gasteiger partial charge in [-0.05, 0) is 13.8 Å². The summed E-state index contributed by atoms with van der Waals surface area (Å²) < 4.78 is 1.41. The summed E-state index contributed by atoms with van der Waals surface area (Å²) in [4.78, 5) is 19.4. The van der Waals surface area contributed by atoms with Crippen molar-refractivity contribution in [1.82, 2.24) is 19.7 Å². The summed E-state index contributed by atoms with van der Waals surface area (Å²) in [6.45, 7) is 3.62. The van der Waals surface area contributed by atoms with E-state index >= 15 is 0 Å². The maximum absolute atomic E-state index is 11.1. The first-order chi connectivity index (χ1) is 7.97. The number of nitrogens with zero attached hydrogens (tertiary/aromatic N) is 4. The van der Waals surface area contributed by atoms with E-state index < -0.39 is 5.91 Å². The number of primary amides is 1. The van der Waals surface area contributed by atoms with E-state index in [1.165, 1.54) is 10.9 Å². The van der Waals surface area contributed by atoms with Gasteiger partial charge in [-0.1, -0.05) is 0 Å². The molecule has 2 aromatic heterocycles. The van der Waals surface area contributed by atoms with Crippen molar-refractivity contribution in [3.63, 3.8) is 0 Å². The molecule has 17 heavy (non-hydrogen) atoms. The largest absolute Gasteiger partial charge is 0.382 e. The molecular formula is C10H12N6O. The van der Waals surface area contributed by atoms with Crippen LogP contribution in [0.1, 0.15) is 21.9 Å². The highest BCUT2D eigenvalue weighted by molar-refractivity contribution is 5.96. The third kappa shape index (κ3) is 2.07. The molecule has 0 radical (unpaired) electrons. The molecule has 7 heteroatoms. The van der Waals surface area contributed by atoms with E-state index in [9.17, 15) is 4.79 Å². The number of carbonyl (C=O) groups is 1. The van der Waals surface area contributed by atoms with Crippen molar-refractivity contribution >= 4 is 11.7 Å². The van der Waals surface area contributed by atoms with Crippen LogP contribution in [0.4, 0.5) is 5.82 Å². The van der Waals surface area contributed by atoms with E-state index in [0.717, 1.165) is 5.69 Å². The highest BCUT2D eigenvalue weighted by atomic mass is 16.1. The van der Waals surface area contributed by atoms with Gasteiger partial charge < -0.3 is 11.5 Å².